The van der Waals surface area contributed by atoms with Gasteiger partial charge in [0.05, 0.1) is 0 Å². The number of halogens is 3. The Morgan fingerprint density at radius 1 is 1.10 bits per heavy atom. The SMILES string of the molecule is BrCc1ccc(Br)cc1.F. The molecule has 0 aromatic heterocycles. The molecule has 0 aliphatic rings. The third-order valence-electron chi connectivity index (χ3n) is 1.07. The number of hydrogen-bond acceptors (Lipinski definition) is 0. The number of alkyl halides is 1. The maximum absolute atomic E-state index is 3.37. The molecule has 0 N–H and O–H groups in total. The summed E-state index contributed by atoms with van der Waals surface area (Å²) in [4.78, 5) is 0. The zero-order valence-corrected chi connectivity index (χ0v) is 8.35. The summed E-state index contributed by atoms with van der Waals surface area (Å²) in [5.41, 5.74) is 1.30. The van der Waals surface area contributed by atoms with Crippen LogP contribution in [-0.4, -0.2) is 0 Å². The maximum Gasteiger partial charge on any atom is 0.0283 e. The van der Waals surface area contributed by atoms with Gasteiger partial charge in [0, 0.05) is 9.80 Å². The molecule has 10 heavy (non-hydrogen) atoms. The van der Waals surface area contributed by atoms with Crippen molar-refractivity contribution in [2.24, 2.45) is 0 Å². The Kier molecular flexibility index (Phi) is 4.91. The minimum absolute atomic E-state index is 0. The number of rotatable bonds is 1. The third kappa shape index (κ3) is 2.80. The van der Waals surface area contributed by atoms with Gasteiger partial charge in [-0.05, 0) is 17.7 Å². The first kappa shape index (κ1) is 10.1. The van der Waals surface area contributed by atoms with Crippen LogP contribution in [0.2, 0.25) is 0 Å². The molecule has 0 aliphatic heterocycles. The van der Waals surface area contributed by atoms with Crippen LogP contribution >= 0.6 is 31.9 Å². The fourth-order valence-electron chi connectivity index (χ4n) is 0.573. The Hall–Kier alpha value is 0.110. The van der Waals surface area contributed by atoms with Crippen LogP contribution in [0.15, 0.2) is 28.7 Å². The second-order valence-electron chi connectivity index (χ2n) is 1.76. The van der Waals surface area contributed by atoms with Crippen LogP contribution in [0.4, 0.5) is 4.70 Å². The highest BCUT2D eigenvalue weighted by atomic mass is 79.9. The molecule has 0 unspecified atom stereocenters. The van der Waals surface area contributed by atoms with E-state index in [-0.39, 0.29) is 4.70 Å². The molecule has 0 nitrogen and oxygen atoms in total. The molecule has 0 saturated heterocycles. The van der Waals surface area contributed by atoms with Gasteiger partial charge in [0.25, 0.3) is 0 Å². The first-order valence-electron chi connectivity index (χ1n) is 2.63. The first-order valence-corrected chi connectivity index (χ1v) is 4.55. The largest absolute Gasteiger partial charge is 0.269 e. The molecule has 1 aromatic carbocycles. The van der Waals surface area contributed by atoms with Crippen LogP contribution in [0.25, 0.3) is 0 Å². The summed E-state index contributed by atoms with van der Waals surface area (Å²) in [7, 11) is 0. The smallest absolute Gasteiger partial charge is 0.0283 e. The van der Waals surface area contributed by atoms with E-state index in [2.05, 4.69) is 44.0 Å². The van der Waals surface area contributed by atoms with Gasteiger partial charge < -0.3 is 0 Å². The summed E-state index contributed by atoms with van der Waals surface area (Å²) in [6.07, 6.45) is 0. The van der Waals surface area contributed by atoms with Crippen LogP contribution in [0, 0.1) is 0 Å². The van der Waals surface area contributed by atoms with Gasteiger partial charge in [-0.25, -0.2) is 0 Å². The van der Waals surface area contributed by atoms with Gasteiger partial charge in [-0.15, -0.1) is 0 Å². The zero-order valence-electron chi connectivity index (χ0n) is 5.18. The van der Waals surface area contributed by atoms with Gasteiger partial charge in [-0.2, -0.15) is 0 Å². The van der Waals surface area contributed by atoms with E-state index in [1.807, 2.05) is 12.1 Å². The second kappa shape index (κ2) is 4.85. The Bertz CT molecular complexity index is 183. The Morgan fingerprint density at radius 3 is 2.00 bits per heavy atom. The van der Waals surface area contributed by atoms with Crippen LogP contribution in [-0.2, 0) is 5.33 Å². The van der Waals surface area contributed by atoms with Crippen molar-refractivity contribution in [3.05, 3.63) is 34.3 Å². The van der Waals surface area contributed by atoms with E-state index in [9.17, 15) is 0 Å². The first-order chi connectivity index (χ1) is 4.33. The number of hydrogen-bond donors (Lipinski definition) is 0. The summed E-state index contributed by atoms with van der Waals surface area (Å²) in [6.45, 7) is 0. The molecule has 0 amide bonds. The van der Waals surface area contributed by atoms with Gasteiger partial charge in [-0.3, -0.25) is 4.70 Å². The molecule has 0 bridgehead atoms. The summed E-state index contributed by atoms with van der Waals surface area (Å²) in [6, 6.07) is 8.24. The lowest BCUT2D eigenvalue weighted by Crippen LogP contribution is -1.73. The normalized spacial score (nSPS) is 8.60. The molecule has 3 heteroatoms. The average Bonchev–Trinajstić information content (AvgIpc) is 1.90. The summed E-state index contributed by atoms with van der Waals surface area (Å²) in [5, 5.41) is 0.931. The molecular weight excluding hydrogens is 263 g/mol. The molecule has 1 aromatic rings. The minimum atomic E-state index is 0. The van der Waals surface area contributed by atoms with Crippen molar-refractivity contribution in [1.82, 2.24) is 0 Å². The monoisotopic (exact) mass is 268 g/mol. The van der Waals surface area contributed by atoms with Crippen LogP contribution in [0.1, 0.15) is 5.56 Å². The Labute approximate surface area is 76.3 Å². The van der Waals surface area contributed by atoms with Crippen molar-refractivity contribution < 1.29 is 4.70 Å². The lowest BCUT2D eigenvalue weighted by atomic mass is 10.2. The summed E-state index contributed by atoms with van der Waals surface area (Å²) < 4.78 is 1.13. The van der Waals surface area contributed by atoms with Crippen molar-refractivity contribution in [1.29, 1.82) is 0 Å². The van der Waals surface area contributed by atoms with Crippen molar-refractivity contribution in [2.45, 2.75) is 5.33 Å². The lowest BCUT2D eigenvalue weighted by Gasteiger charge is -1.92. The molecule has 0 spiro atoms. The third-order valence-corrected chi connectivity index (χ3v) is 2.24. The predicted octanol–water partition coefficient (Wildman–Crippen LogP) is 3.50. The maximum atomic E-state index is 3.37. The highest BCUT2D eigenvalue weighted by Gasteiger charge is 1.86. The number of benzene rings is 1. The molecule has 0 fully saturated rings. The molecule has 0 aliphatic carbocycles. The highest BCUT2D eigenvalue weighted by Crippen LogP contribution is 2.11. The van der Waals surface area contributed by atoms with Crippen molar-refractivity contribution in [3.63, 3.8) is 0 Å². The molecular formula is C7H7Br2F. The standard InChI is InChI=1S/C7H6Br2.FH/c8-5-6-1-3-7(9)4-2-6;/h1-4H,5H2;1H. The van der Waals surface area contributed by atoms with Crippen molar-refractivity contribution in [3.8, 4) is 0 Å². The van der Waals surface area contributed by atoms with Gasteiger partial charge in [0.15, 0.2) is 0 Å². The minimum Gasteiger partial charge on any atom is -0.269 e. The zero-order chi connectivity index (χ0) is 6.69. The summed E-state index contributed by atoms with van der Waals surface area (Å²) >= 11 is 6.73. The van der Waals surface area contributed by atoms with Gasteiger partial charge in [0.2, 0.25) is 0 Å². The predicted molar refractivity (Wildman–Crippen MR) is 49.3 cm³/mol. The Balaban J connectivity index is 0.000000810. The average molecular weight is 270 g/mol. The van der Waals surface area contributed by atoms with Crippen molar-refractivity contribution >= 4 is 31.9 Å². The van der Waals surface area contributed by atoms with E-state index < -0.39 is 0 Å². The van der Waals surface area contributed by atoms with Gasteiger partial charge in [-0.1, -0.05) is 44.0 Å². The molecule has 56 valence electrons. The quantitative estimate of drug-likeness (QED) is 0.685. The summed E-state index contributed by atoms with van der Waals surface area (Å²) in [5.74, 6) is 0. The van der Waals surface area contributed by atoms with E-state index >= 15 is 0 Å². The lowest BCUT2D eigenvalue weighted by molar-refractivity contribution is 1.11. The van der Waals surface area contributed by atoms with Gasteiger partial charge in [0.1, 0.15) is 0 Å². The fraction of sp³-hybridized carbons (Fsp3) is 0.143. The molecule has 0 saturated carbocycles. The van der Waals surface area contributed by atoms with Crippen LogP contribution in [0.5, 0.6) is 0 Å². The van der Waals surface area contributed by atoms with E-state index in [0.717, 1.165) is 9.80 Å². The van der Waals surface area contributed by atoms with Crippen LogP contribution in [0.3, 0.4) is 0 Å². The highest BCUT2D eigenvalue weighted by molar-refractivity contribution is 9.10. The molecule has 0 heterocycles. The second-order valence-corrected chi connectivity index (χ2v) is 3.24. The van der Waals surface area contributed by atoms with Gasteiger partial charge >= 0.3 is 0 Å². The van der Waals surface area contributed by atoms with E-state index in [4.69, 9.17) is 0 Å². The van der Waals surface area contributed by atoms with E-state index in [1.165, 1.54) is 5.56 Å². The molecule has 1 rings (SSSR count). The van der Waals surface area contributed by atoms with E-state index in [0.29, 0.717) is 0 Å². The van der Waals surface area contributed by atoms with Crippen molar-refractivity contribution in [2.75, 3.05) is 0 Å². The van der Waals surface area contributed by atoms with E-state index in [1.54, 1.807) is 0 Å². The van der Waals surface area contributed by atoms with Crippen LogP contribution < -0.4 is 0 Å². The topological polar surface area (TPSA) is 0 Å². The Morgan fingerprint density at radius 2 is 1.60 bits per heavy atom. The fourth-order valence-corrected chi connectivity index (χ4v) is 1.21. The molecule has 0 atom stereocenters. The molecule has 0 radical (unpaired) electrons.